The van der Waals surface area contributed by atoms with Gasteiger partial charge < -0.3 is 4.74 Å². The van der Waals surface area contributed by atoms with Crippen LogP contribution in [0.25, 0.3) is 0 Å². The first-order valence-electron chi connectivity index (χ1n) is 8.21. The van der Waals surface area contributed by atoms with Gasteiger partial charge in [0, 0.05) is 13.1 Å². The molecule has 22 heavy (non-hydrogen) atoms. The summed E-state index contributed by atoms with van der Waals surface area (Å²) in [5.74, 6) is 0.747. The minimum absolute atomic E-state index is 0.352. The maximum absolute atomic E-state index is 11.7. The van der Waals surface area contributed by atoms with Crippen LogP contribution in [0.1, 0.15) is 45.6 Å². The highest BCUT2D eigenvalue weighted by Gasteiger charge is 2.22. The van der Waals surface area contributed by atoms with Crippen molar-refractivity contribution < 1.29 is 9.53 Å². The first kappa shape index (κ1) is 16.8. The van der Waals surface area contributed by atoms with E-state index in [0.717, 1.165) is 38.3 Å². The lowest BCUT2D eigenvalue weighted by Crippen LogP contribution is -2.48. The van der Waals surface area contributed by atoms with Crippen LogP contribution in [0.15, 0.2) is 30.3 Å². The Balaban J connectivity index is 1.66. The van der Waals surface area contributed by atoms with Crippen LogP contribution in [-0.2, 0) is 11.2 Å². The van der Waals surface area contributed by atoms with Crippen molar-refractivity contribution in [3.63, 3.8) is 0 Å². The number of aryl methyl sites for hydroxylation is 1. The van der Waals surface area contributed by atoms with E-state index in [2.05, 4.69) is 35.8 Å². The molecule has 0 aromatic heterocycles. The average Bonchev–Trinajstić information content (AvgIpc) is 2.45. The fraction of sp³-hybridized carbons (Fsp3) is 0.611. The molecular weight excluding hydrogens is 276 g/mol. The molecule has 0 bridgehead atoms. The molecule has 1 N–H and O–H groups in total. The van der Waals surface area contributed by atoms with Gasteiger partial charge in [-0.3, -0.25) is 5.43 Å². The van der Waals surface area contributed by atoms with Crippen molar-refractivity contribution in [3.05, 3.63) is 35.9 Å². The quantitative estimate of drug-likeness (QED) is 0.920. The van der Waals surface area contributed by atoms with Crippen LogP contribution < -0.4 is 5.43 Å². The highest BCUT2D eigenvalue weighted by atomic mass is 16.6. The van der Waals surface area contributed by atoms with E-state index in [1.807, 2.05) is 25.8 Å². The molecule has 122 valence electrons. The van der Waals surface area contributed by atoms with E-state index in [9.17, 15) is 4.79 Å². The molecule has 4 heteroatoms. The van der Waals surface area contributed by atoms with Crippen LogP contribution in [0, 0.1) is 5.92 Å². The molecule has 1 aromatic rings. The second-order valence-electron chi connectivity index (χ2n) is 7.07. The summed E-state index contributed by atoms with van der Waals surface area (Å²) < 4.78 is 5.28. The standard InChI is InChI=1S/C18H28N2O2/c1-18(2,3)22-17(21)19-20-13-11-16(12-14-20)10-9-15-7-5-4-6-8-15/h4-8,16H,9-14H2,1-3H3,(H,19,21). The molecule has 4 nitrogen and oxygen atoms in total. The van der Waals surface area contributed by atoms with Crippen LogP contribution in [0.5, 0.6) is 0 Å². The van der Waals surface area contributed by atoms with E-state index in [1.54, 1.807) is 0 Å². The Bertz CT molecular complexity index is 460. The fourth-order valence-electron chi connectivity index (χ4n) is 2.78. The highest BCUT2D eigenvalue weighted by molar-refractivity contribution is 5.67. The zero-order chi connectivity index (χ0) is 16.0. The van der Waals surface area contributed by atoms with Gasteiger partial charge in [0.15, 0.2) is 0 Å². The van der Waals surface area contributed by atoms with Crippen molar-refractivity contribution >= 4 is 6.09 Å². The molecule has 1 aromatic carbocycles. The molecule has 1 fully saturated rings. The maximum Gasteiger partial charge on any atom is 0.422 e. The van der Waals surface area contributed by atoms with Gasteiger partial charge in [0.05, 0.1) is 0 Å². The average molecular weight is 304 g/mol. The molecule has 1 aliphatic rings. The van der Waals surface area contributed by atoms with Crippen molar-refractivity contribution in [2.45, 2.75) is 52.1 Å². The topological polar surface area (TPSA) is 41.6 Å². The summed E-state index contributed by atoms with van der Waals surface area (Å²) in [4.78, 5) is 11.7. The minimum atomic E-state index is -0.446. The third kappa shape index (κ3) is 6.06. The summed E-state index contributed by atoms with van der Waals surface area (Å²) in [5.41, 5.74) is 3.81. The number of carbonyl (C=O) groups excluding carboxylic acids is 1. The van der Waals surface area contributed by atoms with Gasteiger partial charge >= 0.3 is 6.09 Å². The molecule has 0 atom stereocenters. The van der Waals surface area contributed by atoms with Crippen molar-refractivity contribution in [1.29, 1.82) is 0 Å². The molecule has 1 saturated heterocycles. The van der Waals surface area contributed by atoms with Gasteiger partial charge in [-0.25, -0.2) is 9.80 Å². The van der Waals surface area contributed by atoms with Gasteiger partial charge in [0.25, 0.3) is 0 Å². The maximum atomic E-state index is 11.7. The van der Waals surface area contributed by atoms with E-state index < -0.39 is 5.60 Å². The fourth-order valence-corrected chi connectivity index (χ4v) is 2.78. The van der Waals surface area contributed by atoms with Gasteiger partial charge in [0.2, 0.25) is 0 Å². The number of hydrazine groups is 1. The number of rotatable bonds is 4. The number of hydrogen-bond acceptors (Lipinski definition) is 3. The molecule has 0 aliphatic carbocycles. The second-order valence-corrected chi connectivity index (χ2v) is 7.07. The molecule has 0 spiro atoms. The number of nitrogens with zero attached hydrogens (tertiary/aromatic N) is 1. The summed E-state index contributed by atoms with van der Waals surface area (Å²) in [5, 5.41) is 1.98. The molecule has 0 saturated carbocycles. The lowest BCUT2D eigenvalue weighted by Gasteiger charge is -2.32. The number of ether oxygens (including phenoxy) is 1. The van der Waals surface area contributed by atoms with E-state index >= 15 is 0 Å². The third-order valence-corrected chi connectivity index (χ3v) is 3.95. The van der Waals surface area contributed by atoms with Gasteiger partial charge in [-0.2, -0.15) is 0 Å². The summed E-state index contributed by atoms with van der Waals surface area (Å²) in [6.07, 6.45) is 4.27. The Morgan fingerprint density at radius 2 is 1.86 bits per heavy atom. The SMILES string of the molecule is CC(C)(C)OC(=O)NN1CCC(CCc2ccccc2)CC1. The number of amides is 1. The monoisotopic (exact) mass is 304 g/mol. The predicted octanol–water partition coefficient (Wildman–Crippen LogP) is 3.77. The molecule has 0 unspecified atom stereocenters. The van der Waals surface area contributed by atoms with Crippen LogP contribution in [-0.4, -0.2) is 29.8 Å². The van der Waals surface area contributed by atoms with Crippen molar-refractivity contribution in [2.75, 3.05) is 13.1 Å². The Morgan fingerprint density at radius 3 is 2.45 bits per heavy atom. The Labute approximate surface area is 133 Å². The summed E-state index contributed by atoms with van der Waals surface area (Å²) in [6.45, 7) is 7.44. The van der Waals surface area contributed by atoms with Gasteiger partial charge in [-0.05, 0) is 57.9 Å². The lowest BCUT2D eigenvalue weighted by atomic mass is 9.91. The first-order chi connectivity index (χ1) is 10.4. The summed E-state index contributed by atoms with van der Waals surface area (Å²) >= 11 is 0. The number of piperidine rings is 1. The van der Waals surface area contributed by atoms with Crippen LogP contribution >= 0.6 is 0 Å². The second kappa shape index (κ2) is 7.63. The van der Waals surface area contributed by atoms with E-state index in [4.69, 9.17) is 4.74 Å². The lowest BCUT2D eigenvalue weighted by molar-refractivity contribution is 0.0262. The Hall–Kier alpha value is -1.55. The first-order valence-corrected chi connectivity index (χ1v) is 8.21. The van der Waals surface area contributed by atoms with Gasteiger partial charge in [-0.15, -0.1) is 0 Å². The van der Waals surface area contributed by atoms with Crippen LogP contribution in [0.3, 0.4) is 0 Å². The molecule has 1 amide bonds. The zero-order valence-electron chi connectivity index (χ0n) is 14.0. The third-order valence-electron chi connectivity index (χ3n) is 3.95. The minimum Gasteiger partial charge on any atom is -0.443 e. The number of carbonyl (C=O) groups is 1. The molecule has 0 radical (unpaired) electrons. The van der Waals surface area contributed by atoms with Crippen molar-refractivity contribution in [3.8, 4) is 0 Å². The van der Waals surface area contributed by atoms with Crippen molar-refractivity contribution in [1.82, 2.24) is 10.4 Å². The van der Waals surface area contributed by atoms with E-state index in [-0.39, 0.29) is 6.09 Å². The van der Waals surface area contributed by atoms with Crippen molar-refractivity contribution in [2.24, 2.45) is 5.92 Å². The molecule has 1 heterocycles. The summed E-state index contributed by atoms with van der Waals surface area (Å²) in [6, 6.07) is 10.6. The van der Waals surface area contributed by atoms with E-state index in [1.165, 1.54) is 12.0 Å². The summed E-state index contributed by atoms with van der Waals surface area (Å²) in [7, 11) is 0. The molecular formula is C18H28N2O2. The number of benzene rings is 1. The Morgan fingerprint density at radius 1 is 1.23 bits per heavy atom. The smallest absolute Gasteiger partial charge is 0.422 e. The highest BCUT2D eigenvalue weighted by Crippen LogP contribution is 2.21. The van der Waals surface area contributed by atoms with Gasteiger partial charge in [0.1, 0.15) is 5.60 Å². The normalized spacial score (nSPS) is 17.2. The van der Waals surface area contributed by atoms with Crippen LogP contribution in [0.2, 0.25) is 0 Å². The van der Waals surface area contributed by atoms with E-state index in [0.29, 0.717) is 0 Å². The largest absolute Gasteiger partial charge is 0.443 e. The van der Waals surface area contributed by atoms with Crippen LogP contribution in [0.4, 0.5) is 4.79 Å². The molecule has 1 aliphatic heterocycles. The predicted molar refractivity (Wildman–Crippen MR) is 88.4 cm³/mol. The molecule has 2 rings (SSSR count). The zero-order valence-corrected chi connectivity index (χ0v) is 14.0. The number of hydrogen-bond donors (Lipinski definition) is 1. The van der Waals surface area contributed by atoms with Gasteiger partial charge in [-0.1, -0.05) is 30.3 Å². The number of nitrogens with one attached hydrogen (secondary N) is 1. The Kier molecular flexibility index (Phi) is 5.83.